The number of nitrogens with one attached hydrogen (secondary N) is 1. The summed E-state index contributed by atoms with van der Waals surface area (Å²) in [6, 6.07) is 0. The smallest absolute Gasteiger partial charge is 0.407 e. The van der Waals surface area contributed by atoms with E-state index in [-0.39, 0.29) is 0 Å². The molecule has 0 aliphatic carbocycles. The van der Waals surface area contributed by atoms with Crippen molar-refractivity contribution in [3.63, 3.8) is 0 Å². The van der Waals surface area contributed by atoms with Gasteiger partial charge >= 0.3 is 6.09 Å². The predicted molar refractivity (Wildman–Crippen MR) is 71.0 cm³/mol. The van der Waals surface area contributed by atoms with Gasteiger partial charge in [-0.15, -0.1) is 0 Å². The van der Waals surface area contributed by atoms with Crippen LogP contribution in [0, 0.1) is 0 Å². The van der Waals surface area contributed by atoms with Crippen LogP contribution in [0.2, 0.25) is 0 Å². The third-order valence-electron chi connectivity index (χ3n) is 1.89. The minimum Gasteiger partial charge on any atom is -0.444 e. The molecule has 0 fully saturated rings. The van der Waals surface area contributed by atoms with Gasteiger partial charge in [-0.25, -0.2) is 4.79 Å². The lowest BCUT2D eigenvalue weighted by Crippen LogP contribution is -2.35. The van der Waals surface area contributed by atoms with Crippen molar-refractivity contribution in [1.82, 2.24) is 5.32 Å². The molecule has 16 heavy (non-hydrogen) atoms. The van der Waals surface area contributed by atoms with Gasteiger partial charge in [0.1, 0.15) is 5.60 Å². The summed E-state index contributed by atoms with van der Waals surface area (Å²) in [5.41, 5.74) is -0.450. The van der Waals surface area contributed by atoms with Gasteiger partial charge in [0, 0.05) is 4.86 Å². The summed E-state index contributed by atoms with van der Waals surface area (Å²) in [7, 11) is 0. The summed E-state index contributed by atoms with van der Waals surface area (Å²) in [6.45, 7) is 8.11. The number of alkyl carbamates (subject to hydrolysis) is 1. The van der Waals surface area contributed by atoms with E-state index in [9.17, 15) is 4.79 Å². The zero-order valence-corrected chi connectivity index (χ0v) is 11.6. The summed E-state index contributed by atoms with van der Waals surface area (Å²) in [4.78, 5) is 12.2. The van der Waals surface area contributed by atoms with E-state index < -0.39 is 11.7 Å². The molecule has 0 aliphatic heterocycles. The van der Waals surface area contributed by atoms with E-state index in [2.05, 4.69) is 12.2 Å². The fourth-order valence-corrected chi connectivity index (χ4v) is 1.36. The van der Waals surface area contributed by atoms with E-state index in [0.717, 1.165) is 17.7 Å². The van der Waals surface area contributed by atoms with Gasteiger partial charge in [0.15, 0.2) is 0 Å². The maximum atomic E-state index is 11.3. The molecule has 0 atom stereocenters. The van der Waals surface area contributed by atoms with Crippen LogP contribution >= 0.6 is 12.2 Å². The molecular formula is C12H23NO2S. The van der Waals surface area contributed by atoms with Gasteiger partial charge in [-0.1, -0.05) is 32.0 Å². The molecule has 0 aromatic carbocycles. The number of amides is 1. The Morgan fingerprint density at radius 3 is 2.44 bits per heavy atom. The number of hydrogen-bond donors (Lipinski definition) is 1. The lowest BCUT2D eigenvalue weighted by atomic mass is 10.1. The van der Waals surface area contributed by atoms with Gasteiger partial charge in [0.05, 0.1) is 6.54 Å². The standard InChI is InChI=1S/C12H23NO2S/c1-5-6-7-8-10(16)9-13-11(14)15-12(2,3)4/h5-9H2,1-4H3,(H,13,14). The molecule has 0 bridgehead atoms. The highest BCUT2D eigenvalue weighted by atomic mass is 32.1. The summed E-state index contributed by atoms with van der Waals surface area (Å²) in [6.07, 6.45) is 3.98. The Morgan fingerprint density at radius 1 is 1.31 bits per heavy atom. The second kappa shape index (κ2) is 7.60. The first-order chi connectivity index (χ1) is 7.35. The van der Waals surface area contributed by atoms with Crippen LogP contribution in [0.4, 0.5) is 4.79 Å². The zero-order chi connectivity index (χ0) is 12.6. The molecule has 0 radical (unpaired) electrons. The molecule has 0 saturated heterocycles. The lowest BCUT2D eigenvalue weighted by Gasteiger charge is -2.19. The van der Waals surface area contributed by atoms with Crippen molar-refractivity contribution in [1.29, 1.82) is 0 Å². The van der Waals surface area contributed by atoms with E-state index in [1.165, 1.54) is 12.8 Å². The van der Waals surface area contributed by atoms with Crippen molar-refractivity contribution >= 4 is 23.2 Å². The van der Waals surface area contributed by atoms with Crippen LogP contribution in [-0.4, -0.2) is 23.1 Å². The van der Waals surface area contributed by atoms with Crippen LogP contribution in [0.25, 0.3) is 0 Å². The normalized spacial score (nSPS) is 11.0. The largest absolute Gasteiger partial charge is 0.444 e. The Morgan fingerprint density at radius 2 is 1.94 bits per heavy atom. The van der Waals surface area contributed by atoms with Gasteiger partial charge < -0.3 is 10.1 Å². The molecule has 0 saturated carbocycles. The first-order valence-corrected chi connectivity index (χ1v) is 6.24. The predicted octanol–water partition coefficient (Wildman–Crippen LogP) is 3.46. The summed E-state index contributed by atoms with van der Waals surface area (Å²) < 4.78 is 5.10. The van der Waals surface area contributed by atoms with E-state index in [4.69, 9.17) is 17.0 Å². The number of rotatable bonds is 6. The Hall–Kier alpha value is -0.640. The molecule has 0 aromatic heterocycles. The maximum Gasteiger partial charge on any atom is 0.407 e. The first kappa shape index (κ1) is 15.4. The van der Waals surface area contributed by atoms with Gasteiger partial charge in [0.2, 0.25) is 0 Å². The fraction of sp³-hybridized carbons (Fsp3) is 0.833. The van der Waals surface area contributed by atoms with Crippen molar-refractivity contribution in [2.75, 3.05) is 6.54 Å². The number of carbonyl (C=O) groups is 1. The number of carbonyl (C=O) groups excluding carboxylic acids is 1. The van der Waals surface area contributed by atoms with Crippen LogP contribution in [0.3, 0.4) is 0 Å². The highest BCUT2D eigenvalue weighted by Gasteiger charge is 2.15. The minimum atomic E-state index is -0.450. The molecule has 1 N–H and O–H groups in total. The molecule has 0 aromatic rings. The maximum absolute atomic E-state index is 11.3. The minimum absolute atomic E-state index is 0.398. The quantitative estimate of drug-likeness (QED) is 0.575. The number of thiocarbonyl (C=S) groups is 1. The molecule has 1 amide bonds. The third-order valence-corrected chi connectivity index (χ3v) is 2.24. The zero-order valence-electron chi connectivity index (χ0n) is 10.8. The highest BCUT2D eigenvalue weighted by Crippen LogP contribution is 2.06. The number of hydrogen-bond acceptors (Lipinski definition) is 3. The van der Waals surface area contributed by atoms with Crippen LogP contribution in [-0.2, 0) is 4.74 Å². The van der Waals surface area contributed by atoms with Gasteiger partial charge in [-0.3, -0.25) is 0 Å². The van der Waals surface area contributed by atoms with Gasteiger partial charge in [-0.2, -0.15) is 0 Å². The molecule has 0 unspecified atom stereocenters. The highest BCUT2D eigenvalue weighted by molar-refractivity contribution is 7.80. The number of unbranched alkanes of at least 4 members (excludes halogenated alkanes) is 2. The Kier molecular flexibility index (Phi) is 7.30. The molecular weight excluding hydrogens is 222 g/mol. The SMILES string of the molecule is CCCCCC(=S)CNC(=O)OC(C)(C)C. The van der Waals surface area contributed by atoms with Crippen LogP contribution in [0.15, 0.2) is 0 Å². The van der Waals surface area contributed by atoms with E-state index >= 15 is 0 Å². The summed E-state index contributed by atoms with van der Waals surface area (Å²) in [5.74, 6) is 0. The van der Waals surface area contributed by atoms with Crippen molar-refractivity contribution in [3.8, 4) is 0 Å². The van der Waals surface area contributed by atoms with Crippen molar-refractivity contribution < 1.29 is 9.53 Å². The second-order valence-electron chi connectivity index (χ2n) is 4.85. The van der Waals surface area contributed by atoms with Crippen molar-refractivity contribution in [2.24, 2.45) is 0 Å². The summed E-state index contributed by atoms with van der Waals surface area (Å²) >= 11 is 5.16. The molecule has 0 heterocycles. The third kappa shape index (κ3) is 9.90. The monoisotopic (exact) mass is 245 g/mol. The van der Waals surface area contributed by atoms with Gasteiger partial charge in [-0.05, 0) is 33.6 Å². The van der Waals surface area contributed by atoms with Gasteiger partial charge in [0.25, 0.3) is 0 Å². The fourth-order valence-electron chi connectivity index (χ4n) is 1.15. The average Bonchev–Trinajstić information content (AvgIpc) is 2.12. The van der Waals surface area contributed by atoms with Crippen molar-refractivity contribution in [3.05, 3.63) is 0 Å². The van der Waals surface area contributed by atoms with Crippen LogP contribution < -0.4 is 5.32 Å². The van der Waals surface area contributed by atoms with Crippen LogP contribution in [0.1, 0.15) is 53.4 Å². The lowest BCUT2D eigenvalue weighted by molar-refractivity contribution is 0.0536. The molecule has 4 heteroatoms. The first-order valence-electron chi connectivity index (χ1n) is 5.83. The molecule has 0 rings (SSSR count). The topological polar surface area (TPSA) is 38.3 Å². The Bertz CT molecular complexity index is 234. The van der Waals surface area contributed by atoms with Crippen molar-refractivity contribution in [2.45, 2.75) is 59.0 Å². The second-order valence-corrected chi connectivity index (χ2v) is 5.43. The molecule has 0 aliphatic rings. The number of ether oxygens (including phenoxy) is 1. The Labute approximate surface area is 104 Å². The molecule has 94 valence electrons. The van der Waals surface area contributed by atoms with Crippen LogP contribution in [0.5, 0.6) is 0 Å². The van der Waals surface area contributed by atoms with E-state index in [0.29, 0.717) is 6.54 Å². The molecule has 3 nitrogen and oxygen atoms in total. The average molecular weight is 245 g/mol. The summed E-state index contributed by atoms with van der Waals surface area (Å²) in [5, 5.41) is 2.66. The van der Waals surface area contributed by atoms with E-state index in [1.807, 2.05) is 20.8 Å². The molecule has 0 spiro atoms. The Balaban J connectivity index is 3.63. The van der Waals surface area contributed by atoms with E-state index in [1.54, 1.807) is 0 Å².